The molecule has 0 saturated carbocycles. The van der Waals surface area contributed by atoms with Crippen molar-refractivity contribution in [3.8, 4) is 0 Å². The van der Waals surface area contributed by atoms with Crippen LogP contribution in [0.2, 0.25) is 0 Å². The van der Waals surface area contributed by atoms with Crippen molar-refractivity contribution in [1.82, 2.24) is 9.97 Å². The summed E-state index contributed by atoms with van der Waals surface area (Å²) in [5, 5.41) is 1.11. The third-order valence-electron chi connectivity index (χ3n) is 1.82. The summed E-state index contributed by atoms with van der Waals surface area (Å²) in [4.78, 5) is 8.54. The van der Waals surface area contributed by atoms with Crippen molar-refractivity contribution < 1.29 is 0 Å². The first-order valence-electron chi connectivity index (χ1n) is 4.96. The second-order valence-electron chi connectivity index (χ2n) is 3.01. The van der Waals surface area contributed by atoms with Crippen molar-refractivity contribution in [3.05, 3.63) is 35.7 Å². The highest BCUT2D eigenvalue weighted by Crippen LogP contribution is 2.10. The third kappa shape index (κ3) is 2.28. The van der Waals surface area contributed by atoms with E-state index in [0.29, 0.717) is 0 Å². The number of rotatable bonds is 0. The van der Waals surface area contributed by atoms with E-state index in [1.807, 2.05) is 40.0 Å². The summed E-state index contributed by atoms with van der Waals surface area (Å²) < 4.78 is 0. The fourth-order valence-electron chi connectivity index (χ4n) is 1.22. The highest BCUT2D eigenvalue weighted by molar-refractivity contribution is 5.74. The Bertz CT molecular complexity index is 380. The zero-order valence-electron chi connectivity index (χ0n) is 9.20. The van der Waals surface area contributed by atoms with E-state index in [1.165, 1.54) is 5.56 Å². The largest absolute Gasteiger partial charge is 0.236 e. The summed E-state index contributed by atoms with van der Waals surface area (Å²) in [6, 6.07) is 6.15. The SMILES string of the molecule is CC.Cc1cnc2nc(C)ccc2c1. The van der Waals surface area contributed by atoms with Crippen LogP contribution < -0.4 is 0 Å². The van der Waals surface area contributed by atoms with Gasteiger partial charge in [0.1, 0.15) is 0 Å². The fraction of sp³-hybridized carbons (Fsp3) is 0.333. The molecule has 0 saturated heterocycles. The lowest BCUT2D eigenvalue weighted by Crippen LogP contribution is -1.86. The van der Waals surface area contributed by atoms with Crippen molar-refractivity contribution in [2.45, 2.75) is 27.7 Å². The van der Waals surface area contributed by atoms with Crippen molar-refractivity contribution in [2.75, 3.05) is 0 Å². The molecule has 2 nitrogen and oxygen atoms in total. The maximum atomic E-state index is 4.31. The van der Waals surface area contributed by atoms with Crippen molar-refractivity contribution >= 4 is 11.0 Å². The van der Waals surface area contributed by atoms with E-state index >= 15 is 0 Å². The molecular weight excluding hydrogens is 172 g/mol. The van der Waals surface area contributed by atoms with Crippen LogP contribution in [-0.2, 0) is 0 Å². The van der Waals surface area contributed by atoms with Gasteiger partial charge < -0.3 is 0 Å². The Morgan fingerprint density at radius 1 is 1.07 bits per heavy atom. The average Bonchev–Trinajstić information content (AvgIpc) is 2.21. The van der Waals surface area contributed by atoms with E-state index < -0.39 is 0 Å². The van der Waals surface area contributed by atoms with Gasteiger partial charge >= 0.3 is 0 Å². The molecule has 0 amide bonds. The minimum atomic E-state index is 0.834. The molecule has 2 aromatic rings. The molecule has 0 spiro atoms. The first kappa shape index (κ1) is 10.6. The smallest absolute Gasteiger partial charge is 0.159 e. The third-order valence-corrected chi connectivity index (χ3v) is 1.82. The summed E-state index contributed by atoms with van der Waals surface area (Å²) in [6.07, 6.45) is 1.84. The molecule has 0 N–H and O–H groups in total. The second kappa shape index (κ2) is 4.70. The van der Waals surface area contributed by atoms with Crippen molar-refractivity contribution in [3.63, 3.8) is 0 Å². The summed E-state index contributed by atoms with van der Waals surface area (Å²) in [6.45, 7) is 8.01. The van der Waals surface area contributed by atoms with Crippen LogP contribution in [0.1, 0.15) is 25.1 Å². The molecule has 2 rings (SSSR count). The summed E-state index contributed by atoms with van der Waals surface area (Å²) in [7, 11) is 0. The van der Waals surface area contributed by atoms with Gasteiger partial charge in [-0.3, -0.25) is 0 Å². The molecule has 0 fully saturated rings. The molecular formula is C12H16N2. The Morgan fingerprint density at radius 2 is 1.79 bits per heavy atom. The van der Waals surface area contributed by atoms with Gasteiger partial charge in [0.05, 0.1) is 0 Å². The Hall–Kier alpha value is -1.44. The van der Waals surface area contributed by atoms with Crippen LogP contribution in [0.15, 0.2) is 24.4 Å². The Labute approximate surface area is 85.0 Å². The van der Waals surface area contributed by atoms with Crippen LogP contribution in [0.25, 0.3) is 11.0 Å². The van der Waals surface area contributed by atoms with Crippen LogP contribution >= 0.6 is 0 Å². The summed E-state index contributed by atoms with van der Waals surface area (Å²) >= 11 is 0. The van der Waals surface area contributed by atoms with Crippen LogP contribution in [0.4, 0.5) is 0 Å². The van der Waals surface area contributed by atoms with E-state index in [-0.39, 0.29) is 0 Å². The molecule has 0 unspecified atom stereocenters. The number of aromatic nitrogens is 2. The van der Waals surface area contributed by atoms with Gasteiger partial charge in [-0.25, -0.2) is 9.97 Å². The molecule has 2 heterocycles. The first-order chi connectivity index (χ1) is 6.75. The van der Waals surface area contributed by atoms with E-state index in [2.05, 4.69) is 22.1 Å². The molecule has 74 valence electrons. The van der Waals surface area contributed by atoms with Crippen LogP contribution in [0.5, 0.6) is 0 Å². The normalized spacial score (nSPS) is 9.43. The molecule has 0 aromatic carbocycles. The summed E-state index contributed by atoms with van der Waals surface area (Å²) in [5.41, 5.74) is 3.02. The van der Waals surface area contributed by atoms with Gasteiger partial charge in [-0.15, -0.1) is 0 Å². The van der Waals surface area contributed by atoms with E-state index in [0.717, 1.165) is 16.7 Å². The standard InChI is InChI=1S/C10H10N2.C2H6/c1-7-5-9-4-3-8(2)12-10(9)11-6-7;1-2/h3-6H,1-2H3;1-2H3. The van der Waals surface area contributed by atoms with Gasteiger partial charge in [-0.1, -0.05) is 13.8 Å². The van der Waals surface area contributed by atoms with Gasteiger partial charge in [0.15, 0.2) is 5.65 Å². The van der Waals surface area contributed by atoms with Crippen molar-refractivity contribution in [2.24, 2.45) is 0 Å². The second-order valence-corrected chi connectivity index (χ2v) is 3.01. The lowest BCUT2D eigenvalue weighted by Gasteiger charge is -1.98. The molecule has 2 heteroatoms. The highest BCUT2D eigenvalue weighted by atomic mass is 14.8. The Balaban J connectivity index is 0.000000461. The topological polar surface area (TPSA) is 25.8 Å². The average molecular weight is 188 g/mol. The van der Waals surface area contributed by atoms with E-state index in [4.69, 9.17) is 0 Å². The fourth-order valence-corrected chi connectivity index (χ4v) is 1.22. The van der Waals surface area contributed by atoms with Crippen molar-refractivity contribution in [1.29, 1.82) is 0 Å². The van der Waals surface area contributed by atoms with Gasteiger partial charge in [-0.2, -0.15) is 0 Å². The van der Waals surface area contributed by atoms with Crippen LogP contribution in [0.3, 0.4) is 0 Å². The predicted molar refractivity (Wildman–Crippen MR) is 60.4 cm³/mol. The molecule has 0 atom stereocenters. The lowest BCUT2D eigenvalue weighted by molar-refractivity contribution is 1.19. The number of nitrogens with zero attached hydrogens (tertiary/aromatic N) is 2. The highest BCUT2D eigenvalue weighted by Gasteiger charge is 1.95. The molecule has 14 heavy (non-hydrogen) atoms. The molecule has 0 bridgehead atoms. The Kier molecular flexibility index (Phi) is 3.57. The number of aryl methyl sites for hydroxylation is 2. The van der Waals surface area contributed by atoms with E-state index in [9.17, 15) is 0 Å². The minimum Gasteiger partial charge on any atom is -0.236 e. The molecule has 0 aliphatic rings. The molecule has 0 radical (unpaired) electrons. The zero-order chi connectivity index (χ0) is 10.6. The monoisotopic (exact) mass is 188 g/mol. The lowest BCUT2D eigenvalue weighted by atomic mass is 10.2. The number of hydrogen-bond donors (Lipinski definition) is 0. The number of hydrogen-bond acceptors (Lipinski definition) is 2. The van der Waals surface area contributed by atoms with Gasteiger partial charge in [0.2, 0.25) is 0 Å². The maximum absolute atomic E-state index is 4.31. The number of fused-ring (bicyclic) bond motifs is 1. The summed E-state index contributed by atoms with van der Waals surface area (Å²) in [5.74, 6) is 0. The van der Waals surface area contributed by atoms with Gasteiger partial charge in [0.25, 0.3) is 0 Å². The zero-order valence-corrected chi connectivity index (χ0v) is 9.20. The minimum absolute atomic E-state index is 0.834. The van der Waals surface area contributed by atoms with Crippen LogP contribution in [-0.4, -0.2) is 9.97 Å². The molecule has 2 aromatic heterocycles. The van der Waals surface area contributed by atoms with Crippen LogP contribution in [0, 0.1) is 13.8 Å². The molecule has 0 aliphatic carbocycles. The Morgan fingerprint density at radius 3 is 2.50 bits per heavy atom. The first-order valence-corrected chi connectivity index (χ1v) is 4.96. The van der Waals surface area contributed by atoms with Gasteiger partial charge in [0, 0.05) is 17.3 Å². The van der Waals surface area contributed by atoms with Gasteiger partial charge in [-0.05, 0) is 37.6 Å². The maximum Gasteiger partial charge on any atom is 0.159 e. The number of pyridine rings is 2. The predicted octanol–water partition coefficient (Wildman–Crippen LogP) is 3.27. The quantitative estimate of drug-likeness (QED) is 0.634. The van der Waals surface area contributed by atoms with E-state index in [1.54, 1.807) is 0 Å². The molecule has 0 aliphatic heterocycles.